The zero-order valence-corrected chi connectivity index (χ0v) is 19.1. The van der Waals surface area contributed by atoms with Crippen molar-refractivity contribution in [3.05, 3.63) is 34.4 Å². The number of hydrogen-bond acceptors (Lipinski definition) is 6. The average molecular weight is 434 g/mol. The van der Waals surface area contributed by atoms with Crippen molar-refractivity contribution in [2.45, 2.75) is 89.8 Å². The van der Waals surface area contributed by atoms with E-state index in [1.165, 1.54) is 6.07 Å². The lowest BCUT2D eigenvalue weighted by molar-refractivity contribution is -0.0599. The van der Waals surface area contributed by atoms with Gasteiger partial charge in [0.2, 0.25) is 0 Å². The zero-order chi connectivity index (χ0) is 23.1. The maximum Gasteiger partial charge on any atom is 0.254 e. The first-order valence-corrected chi connectivity index (χ1v) is 10.9. The zero-order valence-electron chi connectivity index (χ0n) is 19.1. The van der Waals surface area contributed by atoms with E-state index >= 15 is 0 Å². The lowest BCUT2D eigenvalue weighted by Gasteiger charge is -2.40. The number of carbonyl (C=O) groups is 1. The van der Waals surface area contributed by atoms with Gasteiger partial charge in [-0.3, -0.25) is 4.79 Å². The highest BCUT2D eigenvalue weighted by molar-refractivity contribution is 5.99. The number of phenolic OH excluding ortho intramolecular Hbond substituents is 1. The van der Waals surface area contributed by atoms with Gasteiger partial charge in [0.15, 0.2) is 0 Å². The van der Waals surface area contributed by atoms with Crippen LogP contribution >= 0.6 is 0 Å². The van der Waals surface area contributed by atoms with Gasteiger partial charge in [-0.25, -0.2) is 0 Å². The molecule has 172 valence electrons. The van der Waals surface area contributed by atoms with E-state index < -0.39 is 23.4 Å². The molecule has 2 aliphatic heterocycles. The minimum Gasteiger partial charge on any atom is -0.508 e. The van der Waals surface area contributed by atoms with Crippen LogP contribution in [0.4, 0.5) is 0 Å². The lowest BCUT2D eigenvalue weighted by atomic mass is 9.84. The molecule has 1 aromatic rings. The molecule has 3 rings (SSSR count). The number of benzene rings is 1. The van der Waals surface area contributed by atoms with Crippen LogP contribution in [0.2, 0.25) is 0 Å². The molecule has 0 radical (unpaired) electrons. The van der Waals surface area contributed by atoms with Gasteiger partial charge in [-0.15, -0.1) is 0 Å². The summed E-state index contributed by atoms with van der Waals surface area (Å²) in [7, 11) is 1.71. The molecule has 31 heavy (non-hydrogen) atoms. The fraction of sp³-hybridized carbons (Fsp3) is 0.625. The number of phenols is 1. The summed E-state index contributed by atoms with van der Waals surface area (Å²) in [6.45, 7) is 7.46. The molecule has 0 bridgehead atoms. The molecule has 0 saturated carbocycles. The van der Waals surface area contributed by atoms with Gasteiger partial charge in [0.1, 0.15) is 17.1 Å². The Morgan fingerprint density at radius 1 is 1.42 bits per heavy atom. The number of hydrogen-bond donors (Lipinski definition) is 4. The minimum atomic E-state index is -1.12. The molecule has 1 amide bonds. The molecule has 3 atom stereocenters. The van der Waals surface area contributed by atoms with Crippen LogP contribution in [-0.4, -0.2) is 61.7 Å². The van der Waals surface area contributed by atoms with Crippen molar-refractivity contribution in [3.63, 3.8) is 0 Å². The molecular formula is C24H35NO6. The largest absolute Gasteiger partial charge is 0.508 e. The van der Waals surface area contributed by atoms with Crippen LogP contribution in [-0.2, 0) is 13.0 Å². The Morgan fingerprint density at radius 3 is 2.74 bits per heavy atom. The summed E-state index contributed by atoms with van der Waals surface area (Å²) in [5, 5.41) is 41.0. The minimum absolute atomic E-state index is 0.0143. The first-order chi connectivity index (χ1) is 14.3. The highest BCUT2D eigenvalue weighted by Gasteiger charge is 2.43. The molecule has 0 fully saturated rings. The molecule has 4 N–H and O–H groups in total. The monoisotopic (exact) mass is 433 g/mol. The fourth-order valence-corrected chi connectivity index (χ4v) is 4.27. The second kappa shape index (κ2) is 8.45. The summed E-state index contributed by atoms with van der Waals surface area (Å²) in [5.74, 6) is 0.366. The van der Waals surface area contributed by atoms with E-state index in [2.05, 4.69) is 6.08 Å². The topological polar surface area (TPSA) is 110 Å². The molecule has 0 aromatic heterocycles. The van der Waals surface area contributed by atoms with E-state index in [0.29, 0.717) is 49.1 Å². The Hall–Kier alpha value is -2.09. The molecule has 0 aliphatic carbocycles. The summed E-state index contributed by atoms with van der Waals surface area (Å²) < 4.78 is 6.29. The number of rotatable bonds is 7. The Bertz CT molecular complexity index is 887. The second-order valence-electron chi connectivity index (χ2n) is 9.82. The molecule has 0 saturated heterocycles. The molecule has 3 unspecified atom stereocenters. The van der Waals surface area contributed by atoms with Crippen LogP contribution in [0.1, 0.15) is 74.9 Å². The predicted octanol–water partition coefficient (Wildman–Crippen LogP) is 2.67. The lowest BCUT2D eigenvalue weighted by Crippen LogP contribution is -2.49. The SMILES string of the molecule is C/C(=C\CCC1(C)Oc2c(c(O)cc3c2CN(C)C3=O)CC1O)CCC(O)C(C)(C)O. The van der Waals surface area contributed by atoms with E-state index in [1.807, 2.05) is 13.8 Å². The van der Waals surface area contributed by atoms with Gasteiger partial charge in [0, 0.05) is 24.6 Å². The van der Waals surface area contributed by atoms with Crippen molar-refractivity contribution in [1.82, 2.24) is 4.90 Å². The number of fused-ring (bicyclic) bond motifs is 3. The third-order valence-electron chi connectivity index (χ3n) is 6.63. The van der Waals surface area contributed by atoms with Gasteiger partial charge in [0.05, 0.1) is 29.9 Å². The van der Waals surface area contributed by atoms with Gasteiger partial charge in [-0.1, -0.05) is 11.6 Å². The highest BCUT2D eigenvalue weighted by atomic mass is 16.5. The van der Waals surface area contributed by atoms with Crippen LogP contribution in [0.3, 0.4) is 0 Å². The van der Waals surface area contributed by atoms with Crippen molar-refractivity contribution in [2.75, 3.05) is 7.05 Å². The molecule has 2 aliphatic rings. The highest BCUT2D eigenvalue weighted by Crippen LogP contribution is 2.46. The van der Waals surface area contributed by atoms with Crippen molar-refractivity contribution < 1.29 is 30.0 Å². The number of carbonyl (C=O) groups excluding carboxylic acids is 1. The molecule has 7 nitrogen and oxygen atoms in total. The van der Waals surface area contributed by atoms with Gasteiger partial charge < -0.3 is 30.1 Å². The van der Waals surface area contributed by atoms with Crippen molar-refractivity contribution in [2.24, 2.45) is 0 Å². The first-order valence-electron chi connectivity index (χ1n) is 10.9. The van der Waals surface area contributed by atoms with E-state index in [4.69, 9.17) is 4.74 Å². The van der Waals surface area contributed by atoms with Gasteiger partial charge >= 0.3 is 0 Å². The number of allylic oxidation sites excluding steroid dienone is 2. The van der Waals surface area contributed by atoms with E-state index in [-0.39, 0.29) is 18.1 Å². The molecule has 2 heterocycles. The van der Waals surface area contributed by atoms with E-state index in [1.54, 1.807) is 25.8 Å². The molecular weight excluding hydrogens is 398 g/mol. The number of nitrogens with zero attached hydrogens (tertiary/aromatic N) is 1. The van der Waals surface area contributed by atoms with Crippen LogP contribution in [0.25, 0.3) is 0 Å². The predicted molar refractivity (Wildman–Crippen MR) is 117 cm³/mol. The standard InChI is InChI=1S/C24H35NO6/c1-14(8-9-19(27)23(2,3)30)7-6-10-24(4)20(28)12-16-18(26)11-15-17(21(16)31-24)13-25(5)22(15)29/h7,11,19-20,26-28,30H,6,8-10,12-13H2,1-5H3/b14-7+. The smallest absolute Gasteiger partial charge is 0.254 e. The number of ether oxygens (including phenoxy) is 1. The number of aromatic hydroxyl groups is 1. The number of aliphatic hydroxyl groups is 3. The van der Waals surface area contributed by atoms with Gasteiger partial charge in [-0.05, 0) is 59.4 Å². The third-order valence-corrected chi connectivity index (χ3v) is 6.63. The van der Waals surface area contributed by atoms with Crippen LogP contribution in [0.15, 0.2) is 17.7 Å². The maximum atomic E-state index is 12.3. The average Bonchev–Trinajstić information content (AvgIpc) is 2.95. The number of amides is 1. The van der Waals surface area contributed by atoms with Gasteiger partial charge in [-0.2, -0.15) is 0 Å². The second-order valence-corrected chi connectivity index (χ2v) is 9.82. The Morgan fingerprint density at radius 2 is 2.10 bits per heavy atom. The van der Waals surface area contributed by atoms with Gasteiger partial charge in [0.25, 0.3) is 5.91 Å². The summed E-state index contributed by atoms with van der Waals surface area (Å²) in [6.07, 6.45) is 3.14. The quantitative estimate of drug-likeness (QED) is 0.492. The van der Waals surface area contributed by atoms with E-state index in [0.717, 1.165) is 11.1 Å². The number of aliphatic hydroxyl groups excluding tert-OH is 2. The van der Waals surface area contributed by atoms with E-state index in [9.17, 15) is 25.2 Å². The Kier molecular flexibility index (Phi) is 6.42. The van der Waals surface area contributed by atoms with Crippen molar-refractivity contribution in [1.29, 1.82) is 0 Å². The molecule has 7 heteroatoms. The van der Waals surface area contributed by atoms with Crippen LogP contribution < -0.4 is 4.74 Å². The molecule has 1 aromatic carbocycles. The molecule has 0 spiro atoms. The Balaban J connectivity index is 1.70. The summed E-state index contributed by atoms with van der Waals surface area (Å²) in [6, 6.07) is 1.48. The maximum absolute atomic E-state index is 12.3. The summed E-state index contributed by atoms with van der Waals surface area (Å²) >= 11 is 0. The fourth-order valence-electron chi connectivity index (χ4n) is 4.27. The van der Waals surface area contributed by atoms with Crippen LogP contribution in [0, 0.1) is 0 Å². The normalized spacial score (nSPS) is 24.6. The van der Waals surface area contributed by atoms with Crippen LogP contribution in [0.5, 0.6) is 11.5 Å². The summed E-state index contributed by atoms with van der Waals surface area (Å²) in [4.78, 5) is 13.9. The summed E-state index contributed by atoms with van der Waals surface area (Å²) in [5.41, 5.74) is 0.914. The first kappa shape index (κ1) is 23.6. The van der Waals surface area contributed by atoms with Crippen molar-refractivity contribution >= 4 is 5.91 Å². The third kappa shape index (κ3) is 4.73. The van der Waals surface area contributed by atoms with Crippen molar-refractivity contribution in [3.8, 4) is 11.5 Å². The Labute approximate surface area is 184 Å².